The summed E-state index contributed by atoms with van der Waals surface area (Å²) in [7, 11) is 3.78. The van der Waals surface area contributed by atoms with Crippen LogP contribution >= 0.6 is 0 Å². The number of carbonyl (C=O) groups excluding carboxylic acids is 1. The quantitative estimate of drug-likeness (QED) is 0.160. The summed E-state index contributed by atoms with van der Waals surface area (Å²) < 4.78 is 26.9. The number of nitrogens with one attached hydrogen (secondary N) is 2. The third-order valence-corrected chi connectivity index (χ3v) is 8.07. The molecule has 0 spiro atoms. The number of halogens is 1. The Labute approximate surface area is 268 Å². The Balaban J connectivity index is 0.000000985. The highest BCUT2D eigenvalue weighted by molar-refractivity contribution is 5.95. The molecule has 6 rings (SSSR count). The number of carbonyl (C=O) groups is 1. The van der Waals surface area contributed by atoms with Crippen LogP contribution in [0.15, 0.2) is 67.6 Å². The second-order valence-electron chi connectivity index (χ2n) is 11.3. The van der Waals surface area contributed by atoms with Gasteiger partial charge >= 0.3 is 0 Å². The maximum atomic E-state index is 15.3. The molecule has 2 aliphatic rings. The zero-order valence-corrected chi connectivity index (χ0v) is 26.2. The number of hydrogen-bond acceptors (Lipinski definition) is 11. The summed E-state index contributed by atoms with van der Waals surface area (Å²) in [5.41, 5.74) is 1.82. The number of aliphatic hydroxyl groups excluding tert-OH is 1. The lowest BCUT2D eigenvalue weighted by Crippen LogP contribution is -2.36. The normalized spacial score (nSPS) is 15.9. The fraction of sp³-hybridized carbons (Fsp3) is 0.353. The molecule has 0 amide bonds. The predicted molar refractivity (Wildman–Crippen MR) is 178 cm³/mol. The van der Waals surface area contributed by atoms with Crippen molar-refractivity contribution in [2.45, 2.75) is 37.8 Å². The van der Waals surface area contributed by atoms with Gasteiger partial charge in [-0.05, 0) is 76.2 Å². The van der Waals surface area contributed by atoms with Gasteiger partial charge in [0.15, 0.2) is 0 Å². The van der Waals surface area contributed by atoms with E-state index in [1.807, 2.05) is 18.2 Å². The summed E-state index contributed by atoms with van der Waals surface area (Å²) in [4.78, 5) is 26.8. The Morgan fingerprint density at radius 1 is 0.978 bits per heavy atom. The number of fused-ring (bicyclic) bond motifs is 1. The van der Waals surface area contributed by atoms with Gasteiger partial charge in [0.25, 0.3) is 0 Å². The molecule has 0 aliphatic carbocycles. The Morgan fingerprint density at radius 2 is 1.72 bits per heavy atom. The van der Waals surface area contributed by atoms with Crippen molar-refractivity contribution in [3.63, 3.8) is 0 Å². The highest BCUT2D eigenvalue weighted by Crippen LogP contribution is 2.35. The van der Waals surface area contributed by atoms with E-state index in [1.54, 1.807) is 31.5 Å². The number of likely N-dealkylation sites (tertiary alicyclic amines) is 1. The fourth-order valence-corrected chi connectivity index (χ4v) is 5.49. The minimum absolute atomic E-state index is 0.262. The Kier molecular flexibility index (Phi) is 10.9. The zero-order chi connectivity index (χ0) is 32.5. The van der Waals surface area contributed by atoms with Crippen molar-refractivity contribution in [1.82, 2.24) is 19.9 Å². The number of rotatable bonds is 9. The zero-order valence-electron chi connectivity index (χ0n) is 26.2. The second kappa shape index (κ2) is 15.5. The lowest BCUT2D eigenvalue weighted by Gasteiger charge is -2.30. The summed E-state index contributed by atoms with van der Waals surface area (Å²) in [6, 6.07) is 12.4. The molecule has 0 radical (unpaired) electrons. The van der Waals surface area contributed by atoms with E-state index in [4.69, 9.17) is 14.3 Å². The Morgan fingerprint density at radius 3 is 2.41 bits per heavy atom. The van der Waals surface area contributed by atoms with E-state index in [9.17, 15) is 5.11 Å². The maximum Gasteiger partial charge on any atom is 0.150 e. The minimum atomic E-state index is -0.475. The van der Waals surface area contributed by atoms with Crippen LogP contribution in [0.4, 0.5) is 27.4 Å². The topological polar surface area (TPSA) is 125 Å². The van der Waals surface area contributed by atoms with Crippen LogP contribution in [0.2, 0.25) is 0 Å². The number of methoxy groups -OCH3 is 1. The van der Waals surface area contributed by atoms with Gasteiger partial charge in [0.1, 0.15) is 47.3 Å². The molecule has 0 unspecified atom stereocenters. The van der Waals surface area contributed by atoms with Crippen LogP contribution in [0.3, 0.4) is 0 Å². The number of allylic oxidation sites excluding steroid dienone is 1. The molecule has 2 aromatic carbocycles. The van der Waals surface area contributed by atoms with E-state index in [2.05, 4.69) is 49.0 Å². The molecule has 2 saturated heterocycles. The highest BCUT2D eigenvalue weighted by Gasteiger charge is 2.20. The minimum Gasteiger partial charge on any atom is -0.495 e. The van der Waals surface area contributed by atoms with Gasteiger partial charge in [-0.25, -0.2) is 19.3 Å². The molecule has 2 aliphatic heterocycles. The molecule has 3 N–H and O–H groups in total. The van der Waals surface area contributed by atoms with Crippen molar-refractivity contribution >= 4 is 40.2 Å². The molecule has 0 atom stereocenters. The van der Waals surface area contributed by atoms with Gasteiger partial charge in [-0.1, -0.05) is 6.58 Å². The molecule has 2 aromatic heterocycles. The van der Waals surface area contributed by atoms with Crippen LogP contribution in [0, 0.1) is 5.82 Å². The molecule has 12 heteroatoms. The van der Waals surface area contributed by atoms with Gasteiger partial charge in [0, 0.05) is 48.9 Å². The molecule has 0 bridgehead atoms. The van der Waals surface area contributed by atoms with E-state index < -0.39 is 5.82 Å². The second-order valence-corrected chi connectivity index (χ2v) is 11.3. The number of ether oxygens (including phenoxy) is 2. The largest absolute Gasteiger partial charge is 0.495 e. The first kappa shape index (κ1) is 32.6. The molecular weight excluding hydrogens is 589 g/mol. The smallest absolute Gasteiger partial charge is 0.150 e. The van der Waals surface area contributed by atoms with Crippen LogP contribution in [0.1, 0.15) is 25.7 Å². The van der Waals surface area contributed by atoms with Crippen molar-refractivity contribution < 1.29 is 23.8 Å². The van der Waals surface area contributed by atoms with Gasteiger partial charge in [-0.3, -0.25) is 4.79 Å². The van der Waals surface area contributed by atoms with Gasteiger partial charge in [0.05, 0.1) is 30.1 Å². The van der Waals surface area contributed by atoms with Crippen LogP contribution in [-0.4, -0.2) is 83.7 Å². The summed E-state index contributed by atoms with van der Waals surface area (Å²) >= 11 is 0. The molecule has 11 nitrogen and oxygen atoms in total. The third-order valence-electron chi connectivity index (χ3n) is 8.07. The van der Waals surface area contributed by atoms with Crippen molar-refractivity contribution in [2.24, 2.45) is 0 Å². The van der Waals surface area contributed by atoms with Gasteiger partial charge in [-0.2, -0.15) is 0 Å². The molecule has 2 fully saturated rings. The van der Waals surface area contributed by atoms with Crippen LogP contribution in [0.25, 0.3) is 10.9 Å². The SMILES string of the molecule is C=CC=O.COc1cc2ncnc(Nc3ccc(Oc4ccnc(N5CCC(O)CC5)c4)cc3F)c2cc1NC1CCN(C)CC1. The van der Waals surface area contributed by atoms with Crippen molar-refractivity contribution in [2.75, 3.05) is 55.9 Å². The number of aldehydes is 1. The van der Waals surface area contributed by atoms with Crippen molar-refractivity contribution in [1.29, 1.82) is 0 Å². The molecular formula is C34H40FN7O4. The number of aliphatic hydroxyl groups is 1. The van der Waals surface area contributed by atoms with E-state index in [0.29, 0.717) is 53.8 Å². The predicted octanol–water partition coefficient (Wildman–Crippen LogP) is 5.55. The molecule has 46 heavy (non-hydrogen) atoms. The maximum absolute atomic E-state index is 15.3. The molecule has 0 saturated carbocycles. The van der Waals surface area contributed by atoms with Crippen molar-refractivity contribution in [3.05, 3.63) is 73.5 Å². The molecule has 242 valence electrons. The number of anilines is 4. The average Bonchev–Trinajstić information content (AvgIpc) is 3.07. The van der Waals surface area contributed by atoms with Gasteiger partial charge in [0.2, 0.25) is 0 Å². The van der Waals surface area contributed by atoms with Crippen LogP contribution in [0.5, 0.6) is 17.2 Å². The summed E-state index contributed by atoms with van der Waals surface area (Å²) in [5, 5.41) is 17.3. The Bertz CT molecular complexity index is 1630. The number of aromatic nitrogens is 3. The van der Waals surface area contributed by atoms with Crippen molar-refractivity contribution in [3.8, 4) is 17.2 Å². The van der Waals surface area contributed by atoms with Crippen LogP contribution < -0.4 is 25.0 Å². The van der Waals surface area contributed by atoms with E-state index in [-0.39, 0.29) is 11.8 Å². The first-order chi connectivity index (χ1) is 22.4. The van der Waals surface area contributed by atoms with Crippen LogP contribution in [-0.2, 0) is 4.79 Å². The molecule has 4 aromatic rings. The number of hydrogen-bond donors (Lipinski definition) is 3. The standard InChI is InChI=1S/C31H36FN7O3.C3H4O/c1-38-11-6-20(7-12-38)36-28-17-24-27(18-29(28)41-2)34-19-35-31(24)37-26-4-3-22(15-25(26)32)42-23-5-10-33-30(16-23)39-13-8-21(40)9-14-39;1-2-3-4/h3-5,10,15-21,36,40H,6-9,11-14H2,1-2H3,(H,34,35,37);2-3H,1H2. The summed E-state index contributed by atoms with van der Waals surface area (Å²) in [6.45, 7) is 6.64. The number of pyridine rings is 1. The number of benzene rings is 2. The average molecular weight is 630 g/mol. The van der Waals surface area contributed by atoms with Gasteiger partial charge in [-0.15, -0.1) is 0 Å². The Hall–Kier alpha value is -4.81. The third kappa shape index (κ3) is 8.26. The van der Waals surface area contributed by atoms with E-state index in [1.165, 1.54) is 18.5 Å². The first-order valence-electron chi connectivity index (χ1n) is 15.3. The molecule has 4 heterocycles. The lowest BCUT2D eigenvalue weighted by molar-refractivity contribution is -0.104. The van der Waals surface area contributed by atoms with E-state index >= 15 is 4.39 Å². The summed E-state index contributed by atoms with van der Waals surface area (Å²) in [6.07, 6.45) is 8.19. The lowest BCUT2D eigenvalue weighted by atomic mass is 10.0. The number of nitrogens with zero attached hydrogens (tertiary/aromatic N) is 5. The number of piperidine rings is 2. The highest BCUT2D eigenvalue weighted by atomic mass is 19.1. The van der Waals surface area contributed by atoms with Gasteiger partial charge < -0.3 is 35.0 Å². The summed E-state index contributed by atoms with van der Waals surface area (Å²) in [5.74, 6) is 2.42. The first-order valence-corrected chi connectivity index (χ1v) is 15.3. The fourth-order valence-electron chi connectivity index (χ4n) is 5.49. The van der Waals surface area contributed by atoms with E-state index in [0.717, 1.165) is 55.9 Å². The monoisotopic (exact) mass is 629 g/mol.